The van der Waals surface area contributed by atoms with Crippen LogP contribution in [0.1, 0.15) is 38.3 Å². The largest absolute Gasteiger partial charge is 0.304 e. The summed E-state index contributed by atoms with van der Waals surface area (Å²) >= 11 is 0. The quantitative estimate of drug-likeness (QED) is 0.654. The van der Waals surface area contributed by atoms with Gasteiger partial charge in [-0.1, -0.05) is 68.1 Å². The number of carbonyl (C=O) groups excluding carboxylic acids is 1. The molecule has 3 fully saturated rings. The second-order valence-corrected chi connectivity index (χ2v) is 11.9. The van der Waals surface area contributed by atoms with Crippen LogP contribution in [0, 0.1) is 0 Å². The number of hydrogen-bond donors (Lipinski definition) is 0. The van der Waals surface area contributed by atoms with Crippen LogP contribution in [-0.4, -0.2) is 104 Å². The molecule has 0 saturated carbocycles. The molecule has 0 N–H and O–H groups in total. The molecule has 5 nitrogen and oxygen atoms in total. The third-order valence-electron chi connectivity index (χ3n) is 9.07. The van der Waals surface area contributed by atoms with Gasteiger partial charge in [-0.3, -0.25) is 9.69 Å². The average molecular weight is 491 g/mol. The monoisotopic (exact) mass is 490 g/mol. The van der Waals surface area contributed by atoms with E-state index in [2.05, 4.69) is 108 Å². The molecule has 2 aromatic rings. The predicted molar refractivity (Wildman–Crippen MR) is 150 cm³/mol. The Balaban J connectivity index is 0.00000304. The van der Waals surface area contributed by atoms with Crippen molar-refractivity contribution in [3.05, 3.63) is 71.8 Å². The minimum Gasteiger partial charge on any atom is -0.304 e. The number of carbonyl (C=O) groups is 1. The third-order valence-corrected chi connectivity index (χ3v) is 9.07. The smallest absolute Gasteiger partial charge is 0.156 e. The van der Waals surface area contributed by atoms with Crippen molar-refractivity contribution in [3.8, 4) is 0 Å². The highest BCUT2D eigenvalue weighted by atomic mass is 16.1. The average Bonchev–Trinajstić information content (AvgIpc) is 2.99. The fourth-order valence-corrected chi connectivity index (χ4v) is 7.43. The molecule has 3 saturated heterocycles. The van der Waals surface area contributed by atoms with E-state index in [4.69, 9.17) is 0 Å². The molecule has 2 aromatic carbocycles. The lowest BCUT2D eigenvalue weighted by atomic mass is 9.57. The summed E-state index contributed by atoms with van der Waals surface area (Å²) in [5.41, 5.74) is 1.41. The first-order valence-electron chi connectivity index (χ1n) is 13.2. The lowest BCUT2D eigenvalue weighted by Crippen LogP contribution is -2.67. The molecule has 0 aliphatic carbocycles. The van der Waals surface area contributed by atoms with E-state index in [1.165, 1.54) is 11.1 Å². The summed E-state index contributed by atoms with van der Waals surface area (Å²) in [7, 11) is 6.72. The first-order valence-corrected chi connectivity index (χ1v) is 13.2. The zero-order chi connectivity index (χ0) is 24.7. The Kier molecular flexibility index (Phi) is 7.78. The first kappa shape index (κ1) is 27.0. The zero-order valence-corrected chi connectivity index (χ0v) is 22.0. The molecule has 3 heterocycles. The number of fused-ring (bicyclic) bond motifs is 2. The van der Waals surface area contributed by atoms with Gasteiger partial charge < -0.3 is 14.7 Å². The van der Waals surface area contributed by atoms with E-state index in [1.54, 1.807) is 0 Å². The maximum Gasteiger partial charge on any atom is 0.156 e. The van der Waals surface area contributed by atoms with Gasteiger partial charge in [-0.15, -0.1) is 0 Å². The van der Waals surface area contributed by atoms with Gasteiger partial charge in [-0.05, 0) is 52.0 Å². The topological polar surface area (TPSA) is 30.0 Å². The molecule has 0 spiro atoms. The van der Waals surface area contributed by atoms with Gasteiger partial charge >= 0.3 is 0 Å². The number of likely N-dealkylation sites (tertiary alicyclic amines) is 2. The van der Waals surface area contributed by atoms with Crippen LogP contribution in [0.3, 0.4) is 0 Å². The van der Waals surface area contributed by atoms with Gasteiger partial charge in [0.1, 0.15) is 0 Å². The Morgan fingerprint density at radius 1 is 0.611 bits per heavy atom. The van der Waals surface area contributed by atoms with E-state index in [-0.39, 0.29) is 13.0 Å². The van der Waals surface area contributed by atoms with Crippen LogP contribution in [0.5, 0.6) is 0 Å². The number of nitrogens with zero attached hydrogens (tertiary/aromatic N) is 4. The molecule has 196 valence electrons. The van der Waals surface area contributed by atoms with Gasteiger partial charge in [-0.25, -0.2) is 0 Å². The summed E-state index contributed by atoms with van der Waals surface area (Å²) < 4.78 is 0. The van der Waals surface area contributed by atoms with Gasteiger partial charge in [0.2, 0.25) is 0 Å². The van der Waals surface area contributed by atoms with E-state index in [9.17, 15) is 4.79 Å². The van der Waals surface area contributed by atoms with Crippen LogP contribution in [0.25, 0.3) is 0 Å². The Morgan fingerprint density at radius 2 is 1.03 bits per heavy atom. The Morgan fingerprint density at radius 3 is 1.44 bits per heavy atom. The standard InChI is InChI=1S/C30H42N4O.CH4/c1-28(21-31(2)19-20-32(3)22-28)34-17-15-29(25-11-7-5-8-12-25)23-33(4)24-30(16-18-34,27(29)35)26-13-9-6-10-14-26;/h5-14H,15-24H2,1-4H3;1H4. The van der Waals surface area contributed by atoms with E-state index in [1.807, 2.05) is 0 Å². The van der Waals surface area contributed by atoms with E-state index >= 15 is 0 Å². The van der Waals surface area contributed by atoms with Crippen molar-refractivity contribution in [1.82, 2.24) is 19.6 Å². The van der Waals surface area contributed by atoms with Crippen molar-refractivity contribution in [3.63, 3.8) is 0 Å². The summed E-state index contributed by atoms with van der Waals surface area (Å²) in [6.07, 6.45) is 1.72. The van der Waals surface area contributed by atoms with E-state index in [0.29, 0.717) is 5.78 Å². The fraction of sp³-hybridized carbons (Fsp3) is 0.581. The van der Waals surface area contributed by atoms with Crippen molar-refractivity contribution in [2.45, 2.75) is 43.6 Å². The molecule has 5 heteroatoms. The number of benzene rings is 2. The maximum absolute atomic E-state index is 14.8. The molecule has 2 unspecified atom stereocenters. The maximum atomic E-state index is 14.8. The lowest BCUT2D eigenvalue weighted by Gasteiger charge is -2.55. The fourth-order valence-electron chi connectivity index (χ4n) is 7.43. The molecule has 3 aliphatic heterocycles. The number of Topliss-reactive ketones (excluding diaryl/α,β-unsaturated/α-hetero) is 1. The van der Waals surface area contributed by atoms with Gasteiger partial charge in [0.05, 0.1) is 10.8 Å². The number of likely N-dealkylation sites (N-methyl/N-ethyl adjacent to an activating group) is 3. The minimum atomic E-state index is -0.498. The summed E-state index contributed by atoms with van der Waals surface area (Å²) in [5, 5.41) is 0. The highest BCUT2D eigenvalue weighted by Crippen LogP contribution is 2.47. The first-order chi connectivity index (χ1) is 16.8. The molecule has 3 aliphatic rings. The van der Waals surface area contributed by atoms with Crippen LogP contribution in [-0.2, 0) is 15.6 Å². The number of hydrogen-bond acceptors (Lipinski definition) is 5. The van der Waals surface area contributed by atoms with Crippen LogP contribution >= 0.6 is 0 Å². The Hall–Kier alpha value is -2.05. The van der Waals surface area contributed by atoms with Crippen molar-refractivity contribution in [2.24, 2.45) is 0 Å². The molecule has 36 heavy (non-hydrogen) atoms. The molecule has 0 amide bonds. The molecule has 0 radical (unpaired) electrons. The summed E-state index contributed by atoms with van der Waals surface area (Å²) in [4.78, 5) is 25.0. The summed E-state index contributed by atoms with van der Waals surface area (Å²) in [6, 6.07) is 21.3. The predicted octanol–water partition coefficient (Wildman–Crippen LogP) is 3.74. The van der Waals surface area contributed by atoms with E-state index in [0.717, 1.165) is 65.2 Å². The van der Waals surface area contributed by atoms with Crippen molar-refractivity contribution < 1.29 is 4.79 Å². The Labute approximate surface area is 219 Å². The van der Waals surface area contributed by atoms with Gasteiger partial charge in [0.15, 0.2) is 5.78 Å². The normalized spacial score (nSPS) is 30.6. The highest BCUT2D eigenvalue weighted by Gasteiger charge is 2.57. The SMILES string of the molecule is C.CN1CC2(c3ccccc3)CCN(C3(C)CN(C)CCN(C)C3)CCC(c3ccccc3)(C1)C2=O. The summed E-state index contributed by atoms with van der Waals surface area (Å²) in [6.45, 7) is 10.2. The van der Waals surface area contributed by atoms with Crippen molar-refractivity contribution in [2.75, 3.05) is 73.5 Å². The molecular weight excluding hydrogens is 444 g/mol. The van der Waals surface area contributed by atoms with Crippen LogP contribution < -0.4 is 0 Å². The molecule has 5 rings (SSSR count). The van der Waals surface area contributed by atoms with E-state index < -0.39 is 10.8 Å². The molecular formula is C31H46N4O. The highest BCUT2D eigenvalue weighted by molar-refractivity contribution is 6.00. The second kappa shape index (κ2) is 10.4. The van der Waals surface area contributed by atoms with Crippen LogP contribution in [0.2, 0.25) is 0 Å². The second-order valence-electron chi connectivity index (χ2n) is 11.9. The third kappa shape index (κ3) is 4.67. The number of ketones is 1. The zero-order valence-electron chi connectivity index (χ0n) is 22.0. The summed E-state index contributed by atoms with van der Waals surface area (Å²) in [5.74, 6) is 0.431. The lowest BCUT2D eigenvalue weighted by molar-refractivity contribution is -0.139. The van der Waals surface area contributed by atoms with Crippen molar-refractivity contribution >= 4 is 5.78 Å². The molecule has 0 aromatic heterocycles. The minimum absolute atomic E-state index is 0. The van der Waals surface area contributed by atoms with Crippen LogP contribution in [0.15, 0.2) is 60.7 Å². The number of rotatable bonds is 3. The Bertz CT molecular complexity index is 952. The van der Waals surface area contributed by atoms with Gasteiger partial charge in [0, 0.05) is 57.9 Å². The van der Waals surface area contributed by atoms with Gasteiger partial charge in [0.25, 0.3) is 0 Å². The molecule has 2 bridgehead atoms. The van der Waals surface area contributed by atoms with Crippen LogP contribution in [0.4, 0.5) is 0 Å². The van der Waals surface area contributed by atoms with Gasteiger partial charge in [-0.2, -0.15) is 0 Å². The van der Waals surface area contributed by atoms with Crippen molar-refractivity contribution in [1.29, 1.82) is 0 Å². The molecule has 2 atom stereocenters. The number of piperidine rings is 1.